The molecular weight excluding hydrogens is 391 g/mol. The highest BCUT2D eigenvalue weighted by Crippen LogP contribution is 2.36. The van der Waals surface area contributed by atoms with Gasteiger partial charge in [0.25, 0.3) is 10.0 Å². The van der Waals surface area contributed by atoms with E-state index in [1.165, 1.54) is 29.0 Å². The minimum absolute atomic E-state index is 0.0612. The molecule has 0 bridgehead atoms. The van der Waals surface area contributed by atoms with Crippen LogP contribution in [0.1, 0.15) is 41.4 Å². The molecule has 6 nitrogen and oxygen atoms in total. The van der Waals surface area contributed by atoms with Crippen molar-refractivity contribution in [1.82, 2.24) is 18.8 Å². The van der Waals surface area contributed by atoms with Crippen molar-refractivity contribution in [2.75, 3.05) is 6.54 Å². The van der Waals surface area contributed by atoms with Crippen molar-refractivity contribution in [3.63, 3.8) is 0 Å². The molecule has 4 rings (SSSR count). The topological polar surface area (TPSA) is 68.1 Å². The number of rotatable bonds is 5. The summed E-state index contributed by atoms with van der Waals surface area (Å²) in [7, 11) is -1.94. The van der Waals surface area contributed by atoms with Crippen LogP contribution >= 0.6 is 0 Å². The molecule has 0 amide bonds. The lowest BCUT2D eigenvalue weighted by Crippen LogP contribution is -2.31. The maximum Gasteiger partial charge on any atom is 0.262 e. The van der Waals surface area contributed by atoms with Gasteiger partial charge in [0.15, 0.2) is 5.03 Å². The lowest BCUT2D eigenvalue weighted by Gasteiger charge is -2.23. The summed E-state index contributed by atoms with van der Waals surface area (Å²) in [6.45, 7) is 2.36. The number of sulfonamides is 1. The van der Waals surface area contributed by atoms with Crippen LogP contribution in [0.2, 0.25) is 0 Å². The Labute approximate surface area is 170 Å². The number of nitrogens with zero attached hydrogens (tertiary/aromatic N) is 4. The first-order valence-electron chi connectivity index (χ1n) is 9.54. The van der Waals surface area contributed by atoms with Gasteiger partial charge in [-0.15, -0.1) is 0 Å². The molecule has 0 unspecified atom stereocenters. The van der Waals surface area contributed by atoms with Crippen molar-refractivity contribution in [1.29, 1.82) is 0 Å². The molecule has 0 N–H and O–H groups in total. The highest BCUT2D eigenvalue weighted by Gasteiger charge is 2.38. The molecule has 3 heterocycles. The number of pyridine rings is 1. The van der Waals surface area contributed by atoms with Crippen molar-refractivity contribution in [3.05, 3.63) is 77.3 Å². The Kier molecular flexibility index (Phi) is 5.23. The monoisotopic (exact) mass is 414 g/mol. The minimum atomic E-state index is -3.68. The quantitative estimate of drug-likeness (QED) is 0.642. The Balaban J connectivity index is 1.64. The largest absolute Gasteiger partial charge is 0.339 e. The van der Waals surface area contributed by atoms with Gasteiger partial charge in [0.05, 0.1) is 18.1 Å². The minimum Gasteiger partial charge on any atom is -0.339 e. The number of hydrogen-bond acceptors (Lipinski definition) is 4. The van der Waals surface area contributed by atoms with Gasteiger partial charge in [-0.25, -0.2) is 17.8 Å². The van der Waals surface area contributed by atoms with E-state index in [2.05, 4.69) is 9.97 Å². The van der Waals surface area contributed by atoms with Crippen molar-refractivity contribution >= 4 is 10.0 Å². The number of imidazole rings is 1. The van der Waals surface area contributed by atoms with Gasteiger partial charge in [-0.05, 0) is 61.6 Å². The lowest BCUT2D eigenvalue weighted by molar-refractivity contribution is 0.388. The zero-order valence-electron chi connectivity index (χ0n) is 16.4. The van der Waals surface area contributed by atoms with Gasteiger partial charge in [-0.2, -0.15) is 4.31 Å². The van der Waals surface area contributed by atoms with Crippen LogP contribution in [0.5, 0.6) is 0 Å². The summed E-state index contributed by atoms with van der Waals surface area (Å²) in [6.07, 6.45) is 5.15. The predicted molar refractivity (Wildman–Crippen MR) is 107 cm³/mol. The number of aromatic nitrogens is 3. The van der Waals surface area contributed by atoms with Gasteiger partial charge >= 0.3 is 0 Å². The summed E-state index contributed by atoms with van der Waals surface area (Å²) in [4.78, 5) is 8.68. The summed E-state index contributed by atoms with van der Waals surface area (Å²) in [5, 5.41) is 0.0612. The Hall–Kier alpha value is -2.58. The number of halogens is 1. The van der Waals surface area contributed by atoms with Crippen LogP contribution in [0.25, 0.3) is 0 Å². The van der Waals surface area contributed by atoms with Crippen molar-refractivity contribution < 1.29 is 12.8 Å². The van der Waals surface area contributed by atoms with Crippen LogP contribution in [0.3, 0.4) is 0 Å². The van der Waals surface area contributed by atoms with E-state index in [0.717, 1.165) is 35.4 Å². The number of benzene rings is 1. The molecule has 0 saturated carbocycles. The first kappa shape index (κ1) is 19.7. The molecule has 1 aliphatic heterocycles. The van der Waals surface area contributed by atoms with E-state index in [0.29, 0.717) is 13.0 Å². The van der Waals surface area contributed by atoms with Crippen LogP contribution in [0.4, 0.5) is 4.39 Å². The summed E-state index contributed by atoms with van der Waals surface area (Å²) in [6, 6.07) is 10.1. The predicted octanol–water partition coefficient (Wildman–Crippen LogP) is 3.38. The van der Waals surface area contributed by atoms with Gasteiger partial charge in [-0.1, -0.05) is 12.1 Å². The fourth-order valence-corrected chi connectivity index (χ4v) is 5.48. The average Bonchev–Trinajstić information content (AvgIpc) is 3.33. The fraction of sp³-hybridized carbons (Fsp3) is 0.333. The molecule has 152 valence electrons. The molecule has 1 atom stereocenters. The van der Waals surface area contributed by atoms with Crippen LogP contribution < -0.4 is 0 Å². The first-order chi connectivity index (χ1) is 13.8. The first-order valence-corrected chi connectivity index (χ1v) is 11.0. The Bertz CT molecular complexity index is 1130. The molecule has 1 aromatic carbocycles. The van der Waals surface area contributed by atoms with Gasteiger partial charge < -0.3 is 4.57 Å². The van der Waals surface area contributed by atoms with E-state index in [9.17, 15) is 12.8 Å². The smallest absolute Gasteiger partial charge is 0.262 e. The molecule has 2 aromatic heterocycles. The molecular formula is C21H23FN4O2S. The molecule has 8 heteroatoms. The second kappa shape index (κ2) is 7.68. The third-order valence-corrected chi connectivity index (χ3v) is 6.95. The highest BCUT2D eigenvalue weighted by atomic mass is 32.2. The van der Waals surface area contributed by atoms with Gasteiger partial charge in [0.2, 0.25) is 0 Å². The number of aryl methyl sites for hydroxylation is 2. The van der Waals surface area contributed by atoms with E-state index in [4.69, 9.17) is 0 Å². The van der Waals surface area contributed by atoms with Crippen LogP contribution in [0, 0.1) is 12.7 Å². The van der Waals surface area contributed by atoms with Crippen LogP contribution in [-0.2, 0) is 23.5 Å². The molecule has 29 heavy (non-hydrogen) atoms. The molecule has 1 saturated heterocycles. The normalized spacial score (nSPS) is 17.7. The third kappa shape index (κ3) is 4.09. The molecule has 0 spiro atoms. The summed E-state index contributed by atoms with van der Waals surface area (Å²) < 4.78 is 42.5. The Morgan fingerprint density at radius 1 is 1.17 bits per heavy atom. The molecule has 0 radical (unpaired) electrons. The maximum atomic E-state index is 13.2. The van der Waals surface area contributed by atoms with E-state index >= 15 is 0 Å². The van der Waals surface area contributed by atoms with Gasteiger partial charge in [0.1, 0.15) is 5.82 Å². The van der Waals surface area contributed by atoms with Crippen LogP contribution in [0.15, 0.2) is 53.9 Å². The standard InChI is InChI=1S/C21H23FN4O2S/c1-15-10-17(11-16-5-7-18(22)8-6-16)12-19(24-15)20-4-3-9-26(20)29(27,28)21-13-25(2)14-23-21/h5-8,10,12-14,20H,3-4,9,11H2,1-2H3/t20-/m0/s1. The second-order valence-electron chi connectivity index (χ2n) is 7.50. The Morgan fingerprint density at radius 2 is 1.93 bits per heavy atom. The van der Waals surface area contributed by atoms with E-state index in [1.54, 1.807) is 23.7 Å². The Morgan fingerprint density at radius 3 is 2.62 bits per heavy atom. The van der Waals surface area contributed by atoms with Crippen molar-refractivity contribution in [2.24, 2.45) is 7.05 Å². The molecule has 3 aromatic rings. The second-order valence-corrected chi connectivity index (χ2v) is 9.33. The molecule has 1 fully saturated rings. The van der Waals surface area contributed by atoms with E-state index in [1.807, 2.05) is 19.1 Å². The van der Waals surface area contributed by atoms with E-state index < -0.39 is 10.0 Å². The molecule has 1 aliphatic rings. The van der Waals surface area contributed by atoms with E-state index in [-0.39, 0.29) is 16.9 Å². The summed E-state index contributed by atoms with van der Waals surface area (Å²) in [5.41, 5.74) is 3.61. The third-order valence-electron chi connectivity index (χ3n) is 5.15. The van der Waals surface area contributed by atoms with Gasteiger partial charge in [0, 0.05) is 25.5 Å². The SMILES string of the molecule is Cc1cc(Cc2ccc(F)cc2)cc([C@@H]2CCCN2S(=O)(=O)c2cn(C)cn2)n1. The average molecular weight is 415 g/mol. The fourth-order valence-electron chi connectivity index (χ4n) is 3.84. The maximum absolute atomic E-state index is 13.2. The zero-order chi connectivity index (χ0) is 20.6. The van der Waals surface area contributed by atoms with Gasteiger partial charge in [-0.3, -0.25) is 4.98 Å². The van der Waals surface area contributed by atoms with Crippen molar-refractivity contribution in [3.8, 4) is 0 Å². The van der Waals surface area contributed by atoms with Crippen molar-refractivity contribution in [2.45, 2.75) is 37.3 Å². The number of hydrogen-bond donors (Lipinski definition) is 0. The molecule has 0 aliphatic carbocycles. The zero-order valence-corrected chi connectivity index (χ0v) is 17.2. The lowest BCUT2D eigenvalue weighted by atomic mass is 10.0. The summed E-state index contributed by atoms with van der Waals surface area (Å²) in [5.74, 6) is -0.262. The van der Waals surface area contributed by atoms with Crippen LogP contribution in [-0.4, -0.2) is 33.8 Å². The highest BCUT2D eigenvalue weighted by molar-refractivity contribution is 7.89. The summed E-state index contributed by atoms with van der Waals surface area (Å²) >= 11 is 0.